The lowest BCUT2D eigenvalue weighted by molar-refractivity contribution is 0.501. The molecule has 0 nitrogen and oxygen atoms in total. The number of rotatable bonds is 0. The molecule has 1 saturated carbocycles. The number of fused-ring (bicyclic) bond motifs is 1. The molecule has 2 aliphatic carbocycles. The zero-order chi connectivity index (χ0) is 7.41. The highest BCUT2D eigenvalue weighted by Gasteiger charge is 2.66. The maximum Gasteiger partial charge on any atom is -0.00587 e. The van der Waals surface area contributed by atoms with E-state index in [1.54, 1.807) is 0 Å². The Morgan fingerprint density at radius 3 is 2.40 bits per heavy atom. The summed E-state index contributed by atoms with van der Waals surface area (Å²) < 4.78 is 0. The van der Waals surface area contributed by atoms with E-state index in [0.717, 1.165) is 5.92 Å². The molecule has 0 aliphatic heterocycles. The van der Waals surface area contributed by atoms with Crippen LogP contribution in [0.1, 0.15) is 33.6 Å². The Hall–Kier alpha value is -0.260. The molecule has 10 heavy (non-hydrogen) atoms. The fraction of sp³-hybridized carbons (Fsp3) is 0.800. The van der Waals surface area contributed by atoms with Gasteiger partial charge in [0.05, 0.1) is 0 Å². The Bertz CT molecular complexity index is 188. The molecular formula is C10H16. The van der Waals surface area contributed by atoms with E-state index in [0.29, 0.717) is 10.8 Å². The van der Waals surface area contributed by atoms with Gasteiger partial charge in [-0.15, -0.1) is 0 Å². The van der Waals surface area contributed by atoms with Gasteiger partial charge in [-0.3, -0.25) is 0 Å². The highest BCUT2D eigenvalue weighted by molar-refractivity contribution is 5.26. The maximum atomic E-state index is 2.43. The van der Waals surface area contributed by atoms with Gasteiger partial charge in [-0.05, 0) is 29.6 Å². The molecular weight excluding hydrogens is 120 g/mol. The molecule has 2 atom stereocenters. The van der Waals surface area contributed by atoms with E-state index in [1.807, 2.05) is 0 Å². The van der Waals surface area contributed by atoms with Crippen molar-refractivity contribution in [1.82, 2.24) is 0 Å². The van der Waals surface area contributed by atoms with Crippen molar-refractivity contribution < 1.29 is 0 Å². The van der Waals surface area contributed by atoms with Crippen LogP contribution in [0.25, 0.3) is 0 Å². The average molecular weight is 136 g/mol. The van der Waals surface area contributed by atoms with E-state index in [9.17, 15) is 0 Å². The van der Waals surface area contributed by atoms with Crippen molar-refractivity contribution in [2.24, 2.45) is 16.7 Å². The van der Waals surface area contributed by atoms with Crippen LogP contribution in [0, 0.1) is 16.7 Å². The van der Waals surface area contributed by atoms with Gasteiger partial charge in [0.2, 0.25) is 0 Å². The van der Waals surface area contributed by atoms with Gasteiger partial charge in [-0.25, -0.2) is 0 Å². The van der Waals surface area contributed by atoms with E-state index < -0.39 is 0 Å². The van der Waals surface area contributed by atoms with Crippen LogP contribution in [0.4, 0.5) is 0 Å². The highest BCUT2D eigenvalue weighted by atomic mass is 14.7. The van der Waals surface area contributed by atoms with Gasteiger partial charge in [0.1, 0.15) is 0 Å². The second kappa shape index (κ2) is 1.49. The molecule has 0 aromatic carbocycles. The normalized spacial score (nSPS) is 48.5. The molecule has 0 heterocycles. The number of hydrogen-bond donors (Lipinski definition) is 0. The van der Waals surface area contributed by atoms with Crippen molar-refractivity contribution in [3.05, 3.63) is 12.2 Å². The molecule has 56 valence electrons. The minimum atomic E-state index is 0.561. The van der Waals surface area contributed by atoms with Gasteiger partial charge in [0.25, 0.3) is 0 Å². The van der Waals surface area contributed by atoms with Crippen LogP contribution in [-0.4, -0.2) is 0 Å². The summed E-state index contributed by atoms with van der Waals surface area (Å²) >= 11 is 0. The van der Waals surface area contributed by atoms with Gasteiger partial charge in [0.15, 0.2) is 0 Å². The Morgan fingerprint density at radius 2 is 2.00 bits per heavy atom. The maximum absolute atomic E-state index is 2.43. The highest BCUT2D eigenvalue weighted by Crippen LogP contribution is 2.72. The first-order chi connectivity index (χ1) is 4.59. The molecule has 2 unspecified atom stereocenters. The van der Waals surface area contributed by atoms with Crippen molar-refractivity contribution in [2.45, 2.75) is 33.6 Å². The van der Waals surface area contributed by atoms with Crippen LogP contribution in [-0.2, 0) is 0 Å². The molecule has 0 heteroatoms. The van der Waals surface area contributed by atoms with Crippen LogP contribution in [0.3, 0.4) is 0 Å². The van der Waals surface area contributed by atoms with Crippen molar-refractivity contribution in [3.8, 4) is 0 Å². The smallest absolute Gasteiger partial charge is 0.00587 e. The molecule has 0 aromatic heterocycles. The van der Waals surface area contributed by atoms with E-state index in [1.165, 1.54) is 12.8 Å². The van der Waals surface area contributed by atoms with Crippen molar-refractivity contribution >= 4 is 0 Å². The van der Waals surface area contributed by atoms with Crippen LogP contribution < -0.4 is 0 Å². The standard InChI is InChI=1S/C10H16/c1-9(2)8-6-4-5-7-10(8,9)3/h5,7-8H,4,6H2,1-3H3. The molecule has 0 saturated heterocycles. The summed E-state index contributed by atoms with van der Waals surface area (Å²) in [5, 5.41) is 0. The largest absolute Gasteiger partial charge is 0.0879 e. The lowest BCUT2D eigenvalue weighted by Gasteiger charge is -2.09. The second-order valence-corrected chi connectivity index (χ2v) is 4.54. The first-order valence-corrected chi connectivity index (χ1v) is 4.27. The third kappa shape index (κ3) is 0.492. The predicted octanol–water partition coefficient (Wildman–Crippen LogP) is 3.00. The third-order valence-electron chi connectivity index (χ3n) is 3.99. The fourth-order valence-electron chi connectivity index (χ4n) is 2.72. The summed E-state index contributed by atoms with van der Waals surface area (Å²) in [7, 11) is 0. The van der Waals surface area contributed by atoms with Gasteiger partial charge >= 0.3 is 0 Å². The minimum absolute atomic E-state index is 0.561. The zero-order valence-electron chi connectivity index (χ0n) is 7.15. The minimum Gasteiger partial charge on any atom is -0.0879 e. The Kier molecular flexibility index (Phi) is 0.962. The molecule has 0 amide bonds. The lowest BCUT2D eigenvalue weighted by Crippen LogP contribution is -2.00. The monoisotopic (exact) mass is 136 g/mol. The Morgan fingerprint density at radius 1 is 1.30 bits per heavy atom. The van der Waals surface area contributed by atoms with E-state index in [-0.39, 0.29) is 0 Å². The predicted molar refractivity (Wildman–Crippen MR) is 43.8 cm³/mol. The number of hydrogen-bond acceptors (Lipinski definition) is 0. The summed E-state index contributed by atoms with van der Waals surface area (Å²) in [6.45, 7) is 7.19. The Labute approximate surface area is 63.3 Å². The molecule has 1 fully saturated rings. The van der Waals surface area contributed by atoms with Crippen molar-refractivity contribution in [1.29, 1.82) is 0 Å². The zero-order valence-corrected chi connectivity index (χ0v) is 7.15. The molecule has 2 rings (SSSR count). The summed E-state index contributed by atoms with van der Waals surface area (Å²) in [5.74, 6) is 0.977. The lowest BCUT2D eigenvalue weighted by atomic mass is 9.95. The average Bonchev–Trinajstić information content (AvgIpc) is 2.30. The quantitative estimate of drug-likeness (QED) is 0.449. The molecule has 0 radical (unpaired) electrons. The summed E-state index contributed by atoms with van der Waals surface area (Å²) in [4.78, 5) is 0. The third-order valence-corrected chi connectivity index (χ3v) is 3.99. The summed E-state index contributed by atoms with van der Waals surface area (Å²) in [5.41, 5.74) is 1.16. The van der Waals surface area contributed by atoms with Crippen molar-refractivity contribution in [3.63, 3.8) is 0 Å². The molecule has 0 N–H and O–H groups in total. The summed E-state index contributed by atoms with van der Waals surface area (Å²) in [6, 6.07) is 0. The van der Waals surface area contributed by atoms with Gasteiger partial charge in [-0.1, -0.05) is 32.9 Å². The van der Waals surface area contributed by atoms with Gasteiger partial charge in [-0.2, -0.15) is 0 Å². The topological polar surface area (TPSA) is 0 Å². The molecule has 0 bridgehead atoms. The van der Waals surface area contributed by atoms with Crippen LogP contribution in [0.5, 0.6) is 0 Å². The van der Waals surface area contributed by atoms with Gasteiger partial charge in [0, 0.05) is 0 Å². The van der Waals surface area contributed by atoms with Crippen molar-refractivity contribution in [2.75, 3.05) is 0 Å². The molecule has 0 aromatic rings. The van der Waals surface area contributed by atoms with Crippen LogP contribution in [0.15, 0.2) is 12.2 Å². The van der Waals surface area contributed by atoms with Gasteiger partial charge < -0.3 is 0 Å². The molecule has 0 spiro atoms. The SMILES string of the molecule is CC1(C)C2CCC=CC21C. The first kappa shape index (κ1) is 6.45. The number of allylic oxidation sites excluding steroid dienone is 2. The van der Waals surface area contributed by atoms with Crippen LogP contribution >= 0.6 is 0 Å². The van der Waals surface area contributed by atoms with Crippen LogP contribution in [0.2, 0.25) is 0 Å². The molecule has 2 aliphatic rings. The first-order valence-electron chi connectivity index (χ1n) is 4.27. The van der Waals surface area contributed by atoms with E-state index in [4.69, 9.17) is 0 Å². The summed E-state index contributed by atoms with van der Waals surface area (Å²) in [6.07, 6.45) is 7.51. The Balaban J connectivity index is 2.32. The fourth-order valence-corrected chi connectivity index (χ4v) is 2.72. The van der Waals surface area contributed by atoms with E-state index >= 15 is 0 Å². The van der Waals surface area contributed by atoms with E-state index in [2.05, 4.69) is 32.9 Å². The second-order valence-electron chi connectivity index (χ2n) is 4.54.